The molecule has 0 fully saturated rings. The molecule has 5 nitrogen and oxygen atoms in total. The highest BCUT2D eigenvalue weighted by Gasteiger charge is 2.26. The fraction of sp³-hybridized carbons (Fsp3) is 0.516. The van der Waals surface area contributed by atoms with Gasteiger partial charge in [-0.15, -0.1) is 0 Å². The Morgan fingerprint density at radius 2 is 1.56 bits per heavy atom. The van der Waals surface area contributed by atoms with Crippen molar-refractivity contribution in [2.45, 2.75) is 97.9 Å². The van der Waals surface area contributed by atoms with E-state index in [1.807, 2.05) is 54.3 Å². The number of hydrogen-bond acceptors (Lipinski definition) is 3. The third-order valence-corrected chi connectivity index (χ3v) is 7.07. The Bertz CT molecular complexity index is 1180. The Morgan fingerprint density at radius 3 is 2.31 bits per heavy atom. The van der Waals surface area contributed by atoms with Gasteiger partial charge in [0.05, 0.1) is 22.6 Å². The van der Waals surface area contributed by atoms with Gasteiger partial charge < -0.3 is 4.90 Å². The van der Waals surface area contributed by atoms with Crippen molar-refractivity contribution in [3.8, 4) is 5.69 Å². The summed E-state index contributed by atoms with van der Waals surface area (Å²) in [5.41, 5.74) is 2.53. The first-order valence-corrected chi connectivity index (χ1v) is 13.9. The van der Waals surface area contributed by atoms with Crippen LogP contribution in [0.1, 0.15) is 103 Å². The third kappa shape index (κ3) is 6.63. The van der Waals surface area contributed by atoms with Crippen LogP contribution in [-0.4, -0.2) is 26.9 Å². The molecule has 0 radical (unpaired) electrons. The Balaban J connectivity index is 2.01. The molecule has 1 aromatic heterocycles. The molecule has 0 saturated carbocycles. The highest BCUT2D eigenvalue weighted by atomic mass is 16.2. The average Bonchev–Trinajstić information content (AvgIpc) is 2.90. The number of carbonyl (C=O) groups is 1. The molecule has 5 heteroatoms. The molecule has 0 bridgehead atoms. The van der Waals surface area contributed by atoms with Crippen LogP contribution in [0.2, 0.25) is 0 Å². The quantitative estimate of drug-likeness (QED) is 0.222. The van der Waals surface area contributed by atoms with Crippen LogP contribution in [0.3, 0.4) is 0 Å². The molecule has 0 aliphatic rings. The second-order valence-electron chi connectivity index (χ2n) is 9.74. The van der Waals surface area contributed by atoms with Gasteiger partial charge in [-0.1, -0.05) is 89.6 Å². The average molecular weight is 490 g/mol. The summed E-state index contributed by atoms with van der Waals surface area (Å²) < 4.78 is 1.75. The number of unbranched alkanes of at least 4 members (excludes halogenated alkanes) is 6. The van der Waals surface area contributed by atoms with Crippen molar-refractivity contribution in [2.24, 2.45) is 0 Å². The summed E-state index contributed by atoms with van der Waals surface area (Å²) in [5.74, 6) is 0.788. The topological polar surface area (TPSA) is 55.2 Å². The summed E-state index contributed by atoms with van der Waals surface area (Å²) >= 11 is 0. The molecule has 0 aliphatic carbocycles. The van der Waals surface area contributed by atoms with Crippen molar-refractivity contribution in [2.75, 3.05) is 6.54 Å². The summed E-state index contributed by atoms with van der Waals surface area (Å²) in [6.07, 6.45) is 10.2. The molecule has 1 atom stereocenters. The van der Waals surface area contributed by atoms with Gasteiger partial charge in [-0.2, -0.15) is 0 Å². The maximum Gasteiger partial charge on any atom is 0.266 e. The van der Waals surface area contributed by atoms with Crippen molar-refractivity contribution in [1.82, 2.24) is 14.5 Å². The van der Waals surface area contributed by atoms with Gasteiger partial charge in [-0.05, 0) is 49.9 Å². The SMILES string of the molecule is CCCCCCCCC(=O)N(CCCC)C(C)c1nc2ccccc2c(=O)n1-c1ccccc1CC. The van der Waals surface area contributed by atoms with E-state index in [4.69, 9.17) is 4.98 Å². The predicted octanol–water partition coefficient (Wildman–Crippen LogP) is 7.39. The standard InChI is InChI=1S/C31H43N3O2/c1-5-8-10-11-12-13-22-29(35)33(23-9-6-2)24(4)30-32-27-20-16-15-19-26(27)31(36)34(30)28-21-17-14-18-25(28)7-3/h14-21,24H,5-13,22-23H2,1-4H3. The maximum absolute atomic E-state index is 13.8. The highest BCUT2D eigenvalue weighted by molar-refractivity contribution is 5.79. The lowest BCUT2D eigenvalue weighted by molar-refractivity contribution is -0.133. The summed E-state index contributed by atoms with van der Waals surface area (Å²) in [4.78, 5) is 34.3. The number of carbonyl (C=O) groups excluding carboxylic acids is 1. The number of para-hydroxylation sites is 2. The van der Waals surface area contributed by atoms with Crippen LogP contribution in [0.25, 0.3) is 16.6 Å². The van der Waals surface area contributed by atoms with Crippen LogP contribution >= 0.6 is 0 Å². The lowest BCUT2D eigenvalue weighted by Crippen LogP contribution is -2.38. The van der Waals surface area contributed by atoms with E-state index in [9.17, 15) is 9.59 Å². The van der Waals surface area contributed by atoms with E-state index in [2.05, 4.69) is 26.8 Å². The molecule has 0 aliphatic heterocycles. The van der Waals surface area contributed by atoms with Gasteiger partial charge in [0.1, 0.15) is 5.82 Å². The summed E-state index contributed by atoms with van der Waals surface area (Å²) in [6.45, 7) is 9.15. The third-order valence-electron chi connectivity index (χ3n) is 7.07. The minimum Gasteiger partial charge on any atom is -0.333 e. The van der Waals surface area contributed by atoms with E-state index in [1.54, 1.807) is 4.57 Å². The smallest absolute Gasteiger partial charge is 0.266 e. The van der Waals surface area contributed by atoms with Crippen LogP contribution in [0, 0.1) is 0 Å². The van der Waals surface area contributed by atoms with Crippen LogP contribution in [0.5, 0.6) is 0 Å². The van der Waals surface area contributed by atoms with Gasteiger partial charge in [0.15, 0.2) is 0 Å². The van der Waals surface area contributed by atoms with E-state index < -0.39 is 0 Å². The summed E-state index contributed by atoms with van der Waals surface area (Å²) in [6, 6.07) is 15.2. The van der Waals surface area contributed by atoms with Crippen molar-refractivity contribution in [3.63, 3.8) is 0 Å². The van der Waals surface area contributed by atoms with Gasteiger partial charge in [0.25, 0.3) is 5.56 Å². The largest absolute Gasteiger partial charge is 0.333 e. The second-order valence-corrected chi connectivity index (χ2v) is 9.74. The Hall–Kier alpha value is -2.95. The zero-order valence-electron chi connectivity index (χ0n) is 22.6. The number of aryl methyl sites for hydroxylation is 1. The van der Waals surface area contributed by atoms with Gasteiger partial charge in [-0.3, -0.25) is 14.2 Å². The van der Waals surface area contributed by atoms with Crippen molar-refractivity contribution < 1.29 is 4.79 Å². The zero-order chi connectivity index (χ0) is 25.9. The molecular weight excluding hydrogens is 446 g/mol. The zero-order valence-corrected chi connectivity index (χ0v) is 22.6. The van der Waals surface area contributed by atoms with E-state index in [0.29, 0.717) is 29.7 Å². The molecule has 1 unspecified atom stereocenters. The van der Waals surface area contributed by atoms with E-state index in [1.165, 1.54) is 25.7 Å². The molecule has 0 spiro atoms. The molecule has 2 aromatic carbocycles. The number of amides is 1. The highest BCUT2D eigenvalue weighted by Crippen LogP contribution is 2.26. The predicted molar refractivity (Wildman–Crippen MR) is 150 cm³/mol. The Kier molecular flexibility index (Phi) is 10.7. The van der Waals surface area contributed by atoms with Crippen molar-refractivity contribution in [3.05, 3.63) is 70.3 Å². The molecule has 0 saturated heterocycles. The number of nitrogens with zero attached hydrogens (tertiary/aromatic N) is 3. The van der Waals surface area contributed by atoms with Crippen LogP contribution < -0.4 is 5.56 Å². The van der Waals surface area contributed by atoms with Gasteiger partial charge >= 0.3 is 0 Å². The molecule has 1 amide bonds. The van der Waals surface area contributed by atoms with Crippen LogP contribution in [0.15, 0.2) is 53.3 Å². The first-order chi connectivity index (χ1) is 17.5. The number of rotatable bonds is 14. The van der Waals surface area contributed by atoms with E-state index in [-0.39, 0.29) is 17.5 Å². The first kappa shape index (κ1) is 27.6. The van der Waals surface area contributed by atoms with Crippen LogP contribution in [0.4, 0.5) is 0 Å². The summed E-state index contributed by atoms with van der Waals surface area (Å²) in [5, 5.41) is 0.595. The second kappa shape index (κ2) is 14.0. The fourth-order valence-corrected chi connectivity index (χ4v) is 4.89. The molecule has 194 valence electrons. The molecule has 36 heavy (non-hydrogen) atoms. The van der Waals surface area contributed by atoms with Gasteiger partial charge in [0, 0.05) is 13.0 Å². The number of fused-ring (bicyclic) bond motifs is 1. The van der Waals surface area contributed by atoms with Crippen molar-refractivity contribution in [1.29, 1.82) is 0 Å². The lowest BCUT2D eigenvalue weighted by atomic mass is 10.1. The van der Waals surface area contributed by atoms with Gasteiger partial charge in [-0.25, -0.2) is 4.98 Å². The molecular formula is C31H43N3O2. The first-order valence-electron chi connectivity index (χ1n) is 13.9. The molecule has 3 aromatic rings. The Morgan fingerprint density at radius 1 is 0.889 bits per heavy atom. The Labute approximate surface area is 216 Å². The number of aromatic nitrogens is 2. The van der Waals surface area contributed by atoms with E-state index >= 15 is 0 Å². The number of hydrogen-bond donors (Lipinski definition) is 0. The summed E-state index contributed by atoms with van der Waals surface area (Å²) in [7, 11) is 0. The maximum atomic E-state index is 13.8. The minimum absolute atomic E-state index is 0.0813. The molecule has 1 heterocycles. The minimum atomic E-state index is -0.314. The van der Waals surface area contributed by atoms with Crippen molar-refractivity contribution >= 4 is 16.8 Å². The van der Waals surface area contributed by atoms with E-state index in [0.717, 1.165) is 43.4 Å². The molecule has 0 N–H and O–H groups in total. The van der Waals surface area contributed by atoms with Crippen LogP contribution in [-0.2, 0) is 11.2 Å². The lowest BCUT2D eigenvalue weighted by Gasteiger charge is -2.31. The molecule has 3 rings (SSSR count). The number of benzene rings is 2. The normalized spacial score (nSPS) is 12.1. The van der Waals surface area contributed by atoms with Gasteiger partial charge in [0.2, 0.25) is 5.91 Å². The monoisotopic (exact) mass is 489 g/mol. The fourth-order valence-electron chi connectivity index (χ4n) is 4.89.